The molecule has 0 spiro atoms. The first-order chi connectivity index (χ1) is 7.74. The standard InChI is InChI=1S/C12H15FN2O/c13-11-6-2-1-5-10(11)12(16)15-7-3-4-9(15)8-14/h1-2,5-6,9H,3-4,7-8,14H2/t9-/m0/s1. The monoisotopic (exact) mass is 222 g/mol. The molecule has 1 amide bonds. The van der Waals surface area contributed by atoms with E-state index in [1.54, 1.807) is 17.0 Å². The van der Waals surface area contributed by atoms with E-state index in [1.165, 1.54) is 12.1 Å². The molecular formula is C12H15FN2O. The third-order valence-corrected chi connectivity index (χ3v) is 3.01. The zero-order chi connectivity index (χ0) is 11.5. The number of hydrogen-bond donors (Lipinski definition) is 1. The summed E-state index contributed by atoms with van der Waals surface area (Å²) >= 11 is 0. The van der Waals surface area contributed by atoms with E-state index in [2.05, 4.69) is 0 Å². The SMILES string of the molecule is NC[C@@H]1CCCN1C(=O)c1ccccc1F. The van der Waals surface area contributed by atoms with Crippen molar-refractivity contribution in [1.29, 1.82) is 0 Å². The molecule has 1 fully saturated rings. The summed E-state index contributed by atoms with van der Waals surface area (Å²) in [6.07, 6.45) is 1.86. The van der Waals surface area contributed by atoms with E-state index in [9.17, 15) is 9.18 Å². The Labute approximate surface area is 94.0 Å². The van der Waals surface area contributed by atoms with Crippen LogP contribution in [-0.4, -0.2) is 29.9 Å². The molecular weight excluding hydrogens is 207 g/mol. The third kappa shape index (κ3) is 1.93. The molecule has 0 unspecified atom stereocenters. The van der Waals surface area contributed by atoms with Crippen molar-refractivity contribution in [3.05, 3.63) is 35.6 Å². The van der Waals surface area contributed by atoms with Crippen LogP contribution in [0.1, 0.15) is 23.2 Å². The first-order valence-corrected chi connectivity index (χ1v) is 5.49. The van der Waals surface area contributed by atoms with Gasteiger partial charge >= 0.3 is 0 Å². The zero-order valence-electron chi connectivity index (χ0n) is 9.03. The van der Waals surface area contributed by atoms with Gasteiger partial charge in [-0.1, -0.05) is 12.1 Å². The van der Waals surface area contributed by atoms with Crippen molar-refractivity contribution in [2.45, 2.75) is 18.9 Å². The molecule has 0 aromatic heterocycles. The summed E-state index contributed by atoms with van der Waals surface area (Å²) in [5.41, 5.74) is 5.73. The molecule has 0 bridgehead atoms. The van der Waals surface area contributed by atoms with Gasteiger partial charge in [-0.25, -0.2) is 4.39 Å². The third-order valence-electron chi connectivity index (χ3n) is 3.01. The average molecular weight is 222 g/mol. The van der Waals surface area contributed by atoms with Gasteiger partial charge in [-0.3, -0.25) is 4.79 Å². The van der Waals surface area contributed by atoms with Gasteiger partial charge in [0.1, 0.15) is 5.82 Å². The molecule has 1 saturated heterocycles. The second-order valence-corrected chi connectivity index (χ2v) is 4.01. The van der Waals surface area contributed by atoms with E-state index >= 15 is 0 Å². The number of benzene rings is 1. The van der Waals surface area contributed by atoms with Crippen LogP contribution in [0.15, 0.2) is 24.3 Å². The molecule has 16 heavy (non-hydrogen) atoms. The molecule has 0 radical (unpaired) electrons. The lowest BCUT2D eigenvalue weighted by Crippen LogP contribution is -2.40. The topological polar surface area (TPSA) is 46.3 Å². The molecule has 86 valence electrons. The number of carbonyl (C=O) groups is 1. The highest BCUT2D eigenvalue weighted by atomic mass is 19.1. The Balaban J connectivity index is 2.22. The Morgan fingerprint density at radius 2 is 2.25 bits per heavy atom. The van der Waals surface area contributed by atoms with Crippen molar-refractivity contribution in [2.24, 2.45) is 5.73 Å². The Morgan fingerprint density at radius 1 is 1.50 bits per heavy atom. The Kier molecular flexibility index (Phi) is 3.19. The summed E-state index contributed by atoms with van der Waals surface area (Å²) in [5, 5.41) is 0. The fraction of sp³-hybridized carbons (Fsp3) is 0.417. The second kappa shape index (κ2) is 4.61. The van der Waals surface area contributed by atoms with Gasteiger partial charge in [0, 0.05) is 19.1 Å². The predicted octanol–water partition coefficient (Wildman–Crippen LogP) is 1.39. The number of nitrogens with zero attached hydrogens (tertiary/aromatic N) is 1. The van der Waals surface area contributed by atoms with Crippen LogP contribution in [0.5, 0.6) is 0 Å². The summed E-state index contributed by atoms with van der Waals surface area (Å²) < 4.78 is 13.4. The molecule has 1 atom stereocenters. The van der Waals surface area contributed by atoms with E-state index in [-0.39, 0.29) is 17.5 Å². The van der Waals surface area contributed by atoms with Crippen LogP contribution in [0.3, 0.4) is 0 Å². The highest BCUT2D eigenvalue weighted by Gasteiger charge is 2.29. The molecule has 1 heterocycles. The van der Waals surface area contributed by atoms with E-state index in [0.29, 0.717) is 13.1 Å². The lowest BCUT2D eigenvalue weighted by Gasteiger charge is -2.23. The molecule has 1 aromatic rings. The summed E-state index contributed by atoms with van der Waals surface area (Å²) in [5.74, 6) is -0.707. The van der Waals surface area contributed by atoms with E-state index < -0.39 is 5.82 Å². The van der Waals surface area contributed by atoms with Crippen LogP contribution in [0.2, 0.25) is 0 Å². The number of rotatable bonds is 2. The van der Waals surface area contributed by atoms with Crippen LogP contribution >= 0.6 is 0 Å². The van der Waals surface area contributed by atoms with Crippen LogP contribution in [-0.2, 0) is 0 Å². The smallest absolute Gasteiger partial charge is 0.257 e. The maximum Gasteiger partial charge on any atom is 0.257 e. The minimum Gasteiger partial charge on any atom is -0.334 e. The molecule has 2 N–H and O–H groups in total. The molecule has 0 aliphatic carbocycles. The van der Waals surface area contributed by atoms with Crippen molar-refractivity contribution in [3.8, 4) is 0 Å². The molecule has 3 nitrogen and oxygen atoms in total. The van der Waals surface area contributed by atoms with Crippen LogP contribution in [0, 0.1) is 5.82 Å². The summed E-state index contributed by atoms with van der Waals surface area (Å²) in [6, 6.07) is 6.14. The first-order valence-electron chi connectivity index (χ1n) is 5.49. The predicted molar refractivity (Wildman–Crippen MR) is 59.5 cm³/mol. The molecule has 1 aliphatic heterocycles. The van der Waals surface area contributed by atoms with Crippen molar-refractivity contribution in [3.63, 3.8) is 0 Å². The number of amides is 1. The van der Waals surface area contributed by atoms with E-state index in [0.717, 1.165) is 12.8 Å². The molecule has 1 aliphatic rings. The van der Waals surface area contributed by atoms with Gasteiger partial charge in [-0.2, -0.15) is 0 Å². The van der Waals surface area contributed by atoms with Gasteiger partial charge in [-0.15, -0.1) is 0 Å². The summed E-state index contributed by atoms with van der Waals surface area (Å²) in [4.78, 5) is 13.7. The van der Waals surface area contributed by atoms with Gasteiger partial charge in [0.15, 0.2) is 0 Å². The summed E-state index contributed by atoms with van der Waals surface area (Å²) in [7, 11) is 0. The van der Waals surface area contributed by atoms with Gasteiger partial charge in [0.25, 0.3) is 5.91 Å². The normalized spacial score (nSPS) is 20.1. The average Bonchev–Trinajstić information content (AvgIpc) is 2.77. The van der Waals surface area contributed by atoms with Gasteiger partial charge < -0.3 is 10.6 Å². The lowest BCUT2D eigenvalue weighted by molar-refractivity contribution is 0.0736. The minimum atomic E-state index is -0.463. The fourth-order valence-corrected chi connectivity index (χ4v) is 2.14. The van der Waals surface area contributed by atoms with Crippen molar-refractivity contribution < 1.29 is 9.18 Å². The number of likely N-dealkylation sites (tertiary alicyclic amines) is 1. The Hall–Kier alpha value is -1.42. The van der Waals surface area contributed by atoms with Gasteiger partial charge in [0.2, 0.25) is 0 Å². The van der Waals surface area contributed by atoms with Crippen LogP contribution in [0.4, 0.5) is 4.39 Å². The number of hydrogen-bond acceptors (Lipinski definition) is 2. The van der Waals surface area contributed by atoms with Crippen LogP contribution < -0.4 is 5.73 Å². The summed E-state index contributed by atoms with van der Waals surface area (Å²) in [6.45, 7) is 1.12. The largest absolute Gasteiger partial charge is 0.334 e. The van der Waals surface area contributed by atoms with Crippen LogP contribution in [0.25, 0.3) is 0 Å². The van der Waals surface area contributed by atoms with Gasteiger partial charge in [0.05, 0.1) is 5.56 Å². The molecule has 0 saturated carbocycles. The minimum absolute atomic E-state index is 0.0621. The quantitative estimate of drug-likeness (QED) is 0.822. The maximum atomic E-state index is 13.4. The second-order valence-electron chi connectivity index (χ2n) is 4.01. The Bertz CT molecular complexity index is 394. The molecule has 2 rings (SSSR count). The number of nitrogens with two attached hydrogens (primary N) is 1. The fourth-order valence-electron chi connectivity index (χ4n) is 2.14. The highest BCUT2D eigenvalue weighted by molar-refractivity contribution is 5.94. The van der Waals surface area contributed by atoms with E-state index in [1.807, 2.05) is 0 Å². The van der Waals surface area contributed by atoms with E-state index in [4.69, 9.17) is 5.73 Å². The van der Waals surface area contributed by atoms with Crippen molar-refractivity contribution in [2.75, 3.05) is 13.1 Å². The number of carbonyl (C=O) groups excluding carboxylic acids is 1. The Morgan fingerprint density at radius 3 is 2.94 bits per heavy atom. The maximum absolute atomic E-state index is 13.4. The van der Waals surface area contributed by atoms with Crippen molar-refractivity contribution in [1.82, 2.24) is 4.90 Å². The first kappa shape index (κ1) is 11.1. The molecule has 1 aromatic carbocycles. The lowest BCUT2D eigenvalue weighted by atomic mass is 10.1. The zero-order valence-corrected chi connectivity index (χ0v) is 9.03. The highest BCUT2D eigenvalue weighted by Crippen LogP contribution is 2.20. The van der Waals surface area contributed by atoms with Gasteiger partial charge in [-0.05, 0) is 25.0 Å². The number of halogens is 1. The van der Waals surface area contributed by atoms with Crippen molar-refractivity contribution >= 4 is 5.91 Å². The molecule has 4 heteroatoms.